The van der Waals surface area contributed by atoms with Crippen molar-refractivity contribution in [3.05, 3.63) is 58.1 Å². The van der Waals surface area contributed by atoms with Crippen molar-refractivity contribution in [3.8, 4) is 17.6 Å². The molecule has 21 heavy (non-hydrogen) atoms. The van der Waals surface area contributed by atoms with E-state index in [2.05, 4.69) is 0 Å². The van der Waals surface area contributed by atoms with Gasteiger partial charge in [0, 0.05) is 22.2 Å². The standard InChI is InChI=1S/C16H13Cl2NO2/c1-20-14-5-4-12(8-17)16(7-14)21-10-13-3-2-11(9-19)6-15(13)18/h2-7H,8,10H2,1H3. The second-order valence-corrected chi connectivity index (χ2v) is 4.99. The lowest BCUT2D eigenvalue weighted by atomic mass is 10.1. The van der Waals surface area contributed by atoms with Crippen molar-refractivity contribution >= 4 is 23.2 Å². The molecule has 0 aliphatic carbocycles. The number of hydrogen-bond acceptors (Lipinski definition) is 3. The van der Waals surface area contributed by atoms with Crippen LogP contribution in [0.3, 0.4) is 0 Å². The summed E-state index contributed by atoms with van der Waals surface area (Å²) in [6.45, 7) is 0.293. The zero-order chi connectivity index (χ0) is 15.2. The number of halogens is 2. The molecule has 0 unspecified atom stereocenters. The van der Waals surface area contributed by atoms with Crippen LogP contribution < -0.4 is 9.47 Å². The quantitative estimate of drug-likeness (QED) is 0.759. The summed E-state index contributed by atoms with van der Waals surface area (Å²) in [6.07, 6.45) is 0. The normalized spacial score (nSPS) is 10.0. The number of ether oxygens (including phenoxy) is 2. The van der Waals surface area contributed by atoms with Gasteiger partial charge < -0.3 is 9.47 Å². The van der Waals surface area contributed by atoms with Crippen LogP contribution in [-0.4, -0.2) is 7.11 Å². The maximum atomic E-state index is 8.82. The summed E-state index contributed by atoms with van der Waals surface area (Å²) in [5.74, 6) is 1.70. The molecule has 0 heterocycles. The first kappa shape index (κ1) is 15.5. The van der Waals surface area contributed by atoms with E-state index in [4.69, 9.17) is 37.9 Å². The van der Waals surface area contributed by atoms with Crippen molar-refractivity contribution in [2.75, 3.05) is 7.11 Å². The first-order valence-electron chi connectivity index (χ1n) is 6.22. The lowest BCUT2D eigenvalue weighted by Crippen LogP contribution is -1.99. The van der Waals surface area contributed by atoms with Crippen LogP contribution in [-0.2, 0) is 12.5 Å². The first-order chi connectivity index (χ1) is 10.2. The Morgan fingerprint density at radius 3 is 2.52 bits per heavy atom. The van der Waals surface area contributed by atoms with Crippen molar-refractivity contribution in [2.24, 2.45) is 0 Å². The molecule has 0 saturated carbocycles. The monoisotopic (exact) mass is 321 g/mol. The molecule has 0 bridgehead atoms. The Kier molecular flexibility index (Phi) is 5.32. The van der Waals surface area contributed by atoms with Crippen LogP contribution in [0.2, 0.25) is 5.02 Å². The van der Waals surface area contributed by atoms with Crippen LogP contribution in [0.15, 0.2) is 36.4 Å². The van der Waals surface area contributed by atoms with Gasteiger partial charge in [0.05, 0.1) is 24.6 Å². The van der Waals surface area contributed by atoms with Gasteiger partial charge in [-0.15, -0.1) is 11.6 Å². The third kappa shape index (κ3) is 3.81. The van der Waals surface area contributed by atoms with E-state index in [1.54, 1.807) is 31.4 Å². The molecule has 5 heteroatoms. The molecule has 2 aromatic carbocycles. The van der Waals surface area contributed by atoms with Crippen LogP contribution in [0.1, 0.15) is 16.7 Å². The third-order valence-corrected chi connectivity index (χ3v) is 3.62. The lowest BCUT2D eigenvalue weighted by Gasteiger charge is -2.12. The Morgan fingerprint density at radius 2 is 1.90 bits per heavy atom. The number of rotatable bonds is 5. The molecule has 0 spiro atoms. The fourth-order valence-corrected chi connectivity index (χ4v) is 2.25. The van der Waals surface area contributed by atoms with E-state index in [-0.39, 0.29) is 0 Å². The van der Waals surface area contributed by atoms with Gasteiger partial charge in [-0.3, -0.25) is 0 Å². The molecule has 0 aliphatic heterocycles. The van der Waals surface area contributed by atoms with Gasteiger partial charge in [0.15, 0.2) is 0 Å². The largest absolute Gasteiger partial charge is 0.497 e. The summed E-state index contributed by atoms with van der Waals surface area (Å²) in [4.78, 5) is 0. The van der Waals surface area contributed by atoms with Gasteiger partial charge in [-0.25, -0.2) is 0 Å². The number of nitriles is 1. The first-order valence-corrected chi connectivity index (χ1v) is 7.13. The Balaban J connectivity index is 2.18. The summed E-state index contributed by atoms with van der Waals surface area (Å²) in [7, 11) is 1.59. The van der Waals surface area contributed by atoms with Gasteiger partial charge in [-0.1, -0.05) is 23.7 Å². The molecule has 0 amide bonds. The van der Waals surface area contributed by atoms with Crippen LogP contribution >= 0.6 is 23.2 Å². The predicted molar refractivity (Wildman–Crippen MR) is 83.1 cm³/mol. The smallest absolute Gasteiger partial charge is 0.127 e. The number of benzene rings is 2. The molecular weight excluding hydrogens is 309 g/mol. The SMILES string of the molecule is COc1ccc(CCl)c(OCc2ccc(C#N)cc2Cl)c1. The van der Waals surface area contributed by atoms with Crippen LogP contribution in [0.5, 0.6) is 11.5 Å². The molecular formula is C16H13Cl2NO2. The third-order valence-electron chi connectivity index (χ3n) is 2.98. The topological polar surface area (TPSA) is 42.2 Å². The van der Waals surface area contributed by atoms with Crippen molar-refractivity contribution in [1.82, 2.24) is 0 Å². The lowest BCUT2D eigenvalue weighted by molar-refractivity contribution is 0.301. The minimum Gasteiger partial charge on any atom is -0.497 e. The fraction of sp³-hybridized carbons (Fsp3) is 0.188. The number of hydrogen-bond donors (Lipinski definition) is 0. The molecule has 0 aromatic heterocycles. The van der Waals surface area contributed by atoms with E-state index in [1.165, 1.54) is 0 Å². The molecule has 3 nitrogen and oxygen atoms in total. The summed E-state index contributed by atoms with van der Waals surface area (Å²) >= 11 is 12.0. The second-order valence-electron chi connectivity index (χ2n) is 4.31. The molecule has 0 atom stereocenters. The van der Waals surface area contributed by atoms with Gasteiger partial charge in [-0.05, 0) is 18.2 Å². The maximum absolute atomic E-state index is 8.82. The molecule has 0 fully saturated rings. The van der Waals surface area contributed by atoms with Crippen LogP contribution in [0.25, 0.3) is 0 Å². The molecule has 0 aliphatic rings. The van der Waals surface area contributed by atoms with E-state index in [0.29, 0.717) is 34.6 Å². The van der Waals surface area contributed by atoms with Gasteiger partial charge in [-0.2, -0.15) is 5.26 Å². The number of methoxy groups -OCH3 is 1. The van der Waals surface area contributed by atoms with E-state index < -0.39 is 0 Å². The highest BCUT2D eigenvalue weighted by molar-refractivity contribution is 6.31. The predicted octanol–water partition coefficient (Wildman–Crippen LogP) is 4.54. The molecule has 0 radical (unpaired) electrons. The van der Waals surface area contributed by atoms with Crippen molar-refractivity contribution in [1.29, 1.82) is 5.26 Å². The van der Waals surface area contributed by atoms with Crippen LogP contribution in [0, 0.1) is 11.3 Å². The molecule has 108 valence electrons. The summed E-state index contributed by atoms with van der Waals surface area (Å²) < 4.78 is 11.0. The Morgan fingerprint density at radius 1 is 1.14 bits per heavy atom. The average Bonchev–Trinajstić information content (AvgIpc) is 2.53. The maximum Gasteiger partial charge on any atom is 0.127 e. The van der Waals surface area contributed by atoms with Gasteiger partial charge in [0.2, 0.25) is 0 Å². The number of alkyl halides is 1. The van der Waals surface area contributed by atoms with Gasteiger partial charge >= 0.3 is 0 Å². The summed E-state index contributed by atoms with van der Waals surface area (Å²) in [5, 5.41) is 9.32. The highest BCUT2D eigenvalue weighted by atomic mass is 35.5. The highest BCUT2D eigenvalue weighted by Gasteiger charge is 2.08. The molecule has 2 rings (SSSR count). The Labute approximate surface area is 133 Å². The Hall–Kier alpha value is -1.89. The van der Waals surface area contributed by atoms with Crippen molar-refractivity contribution < 1.29 is 9.47 Å². The minimum absolute atomic E-state index is 0.293. The molecule has 0 saturated heterocycles. The molecule has 2 aromatic rings. The van der Waals surface area contributed by atoms with Gasteiger partial charge in [0.1, 0.15) is 18.1 Å². The number of nitrogens with zero attached hydrogens (tertiary/aromatic N) is 1. The van der Waals surface area contributed by atoms with E-state index in [9.17, 15) is 0 Å². The van der Waals surface area contributed by atoms with E-state index in [0.717, 1.165) is 11.1 Å². The summed E-state index contributed by atoms with van der Waals surface area (Å²) in [6, 6.07) is 12.6. The fourth-order valence-electron chi connectivity index (χ4n) is 1.80. The zero-order valence-corrected chi connectivity index (χ0v) is 12.9. The molecule has 0 N–H and O–H groups in total. The van der Waals surface area contributed by atoms with E-state index >= 15 is 0 Å². The average molecular weight is 322 g/mol. The zero-order valence-electron chi connectivity index (χ0n) is 11.4. The van der Waals surface area contributed by atoms with Gasteiger partial charge in [0.25, 0.3) is 0 Å². The summed E-state index contributed by atoms with van der Waals surface area (Å²) in [5.41, 5.74) is 2.20. The highest BCUT2D eigenvalue weighted by Crippen LogP contribution is 2.28. The van der Waals surface area contributed by atoms with Crippen molar-refractivity contribution in [2.45, 2.75) is 12.5 Å². The van der Waals surface area contributed by atoms with Crippen molar-refractivity contribution in [3.63, 3.8) is 0 Å². The second kappa shape index (κ2) is 7.21. The minimum atomic E-state index is 0.293. The van der Waals surface area contributed by atoms with E-state index in [1.807, 2.05) is 18.2 Å². The van der Waals surface area contributed by atoms with Crippen LogP contribution in [0.4, 0.5) is 0 Å². The Bertz CT molecular complexity index is 680.